The van der Waals surface area contributed by atoms with E-state index in [0.29, 0.717) is 25.5 Å². The molecule has 2 amide bonds. The number of hydrogen-bond acceptors (Lipinski definition) is 5. The van der Waals surface area contributed by atoms with Crippen LogP contribution >= 0.6 is 0 Å². The smallest absolute Gasteiger partial charge is 0.315 e. The van der Waals surface area contributed by atoms with Crippen LogP contribution in [0.3, 0.4) is 0 Å². The molecular formula is C14H21N3O4. The lowest BCUT2D eigenvalue weighted by atomic mass is 9.90. The van der Waals surface area contributed by atoms with E-state index in [-0.39, 0.29) is 17.9 Å². The Kier molecular flexibility index (Phi) is 4.12. The number of aryl methyl sites for hydroxylation is 1. The highest BCUT2D eigenvalue weighted by Crippen LogP contribution is 2.35. The molecule has 1 aromatic rings. The van der Waals surface area contributed by atoms with E-state index in [4.69, 9.17) is 14.0 Å². The van der Waals surface area contributed by atoms with E-state index < -0.39 is 0 Å². The summed E-state index contributed by atoms with van der Waals surface area (Å²) in [5.74, 6) is 0.268. The summed E-state index contributed by atoms with van der Waals surface area (Å²) in [6.07, 6.45) is 3.40. The van der Waals surface area contributed by atoms with Crippen LogP contribution in [0.1, 0.15) is 37.1 Å². The number of urea groups is 1. The molecule has 0 atom stereocenters. The van der Waals surface area contributed by atoms with E-state index in [0.717, 1.165) is 31.4 Å². The summed E-state index contributed by atoms with van der Waals surface area (Å²) in [5.41, 5.74) is 0.807. The molecule has 3 rings (SSSR count). The average Bonchev–Trinajstić information content (AvgIpc) is 3.09. The number of rotatable bonds is 3. The van der Waals surface area contributed by atoms with Gasteiger partial charge in [-0.3, -0.25) is 0 Å². The number of carbonyl (C=O) groups is 1. The highest BCUT2D eigenvalue weighted by Gasteiger charge is 2.40. The number of aromatic nitrogens is 1. The molecule has 0 bridgehead atoms. The van der Waals surface area contributed by atoms with E-state index in [1.165, 1.54) is 0 Å². The van der Waals surface area contributed by atoms with Crippen LogP contribution in [0.5, 0.6) is 0 Å². The maximum absolute atomic E-state index is 11.9. The Morgan fingerprint density at radius 3 is 2.71 bits per heavy atom. The predicted octanol–water partition coefficient (Wildman–Crippen LogP) is 1.47. The number of carbonyl (C=O) groups excluding carboxylic acids is 1. The van der Waals surface area contributed by atoms with Crippen LogP contribution in [0.25, 0.3) is 0 Å². The number of nitrogens with one attached hydrogen (secondary N) is 2. The molecule has 0 unspecified atom stereocenters. The lowest BCUT2D eigenvalue weighted by molar-refractivity contribution is -0.179. The summed E-state index contributed by atoms with van der Waals surface area (Å²) >= 11 is 0. The molecule has 7 nitrogen and oxygen atoms in total. The lowest BCUT2D eigenvalue weighted by Gasteiger charge is -2.35. The Hall–Kier alpha value is -1.60. The van der Waals surface area contributed by atoms with Crippen molar-refractivity contribution in [1.29, 1.82) is 0 Å². The first-order valence-corrected chi connectivity index (χ1v) is 7.40. The summed E-state index contributed by atoms with van der Waals surface area (Å²) in [6, 6.07) is 1.79. The van der Waals surface area contributed by atoms with Crippen LogP contribution in [0.2, 0.25) is 0 Å². The Labute approximate surface area is 123 Å². The van der Waals surface area contributed by atoms with Gasteiger partial charge in [0.05, 0.1) is 25.5 Å². The van der Waals surface area contributed by atoms with Gasteiger partial charge in [0.1, 0.15) is 0 Å². The second-order valence-electron chi connectivity index (χ2n) is 5.64. The van der Waals surface area contributed by atoms with Gasteiger partial charge in [-0.25, -0.2) is 4.79 Å². The molecule has 2 heterocycles. The summed E-state index contributed by atoms with van der Waals surface area (Å²) in [6.45, 7) is 3.54. The molecule has 1 aliphatic carbocycles. The molecule has 1 aromatic heterocycles. The van der Waals surface area contributed by atoms with Gasteiger partial charge in [0.25, 0.3) is 0 Å². The Morgan fingerprint density at radius 1 is 1.38 bits per heavy atom. The van der Waals surface area contributed by atoms with Crippen LogP contribution in [0.15, 0.2) is 10.6 Å². The zero-order valence-corrected chi connectivity index (χ0v) is 12.2. The maximum Gasteiger partial charge on any atom is 0.315 e. The molecule has 21 heavy (non-hydrogen) atoms. The van der Waals surface area contributed by atoms with Crippen molar-refractivity contribution in [3.05, 3.63) is 17.5 Å². The molecular weight excluding hydrogens is 274 g/mol. The minimum Gasteiger partial charge on any atom is -0.359 e. The second kappa shape index (κ2) is 6.03. The first-order chi connectivity index (χ1) is 10.2. The number of hydrogen-bond donors (Lipinski definition) is 2. The maximum atomic E-state index is 11.9. The number of nitrogens with zero attached hydrogens (tertiary/aromatic N) is 1. The van der Waals surface area contributed by atoms with Gasteiger partial charge in [0, 0.05) is 24.9 Å². The fraction of sp³-hybridized carbons (Fsp3) is 0.714. The zero-order valence-electron chi connectivity index (χ0n) is 12.2. The van der Waals surface area contributed by atoms with Crippen molar-refractivity contribution in [3.63, 3.8) is 0 Å². The van der Waals surface area contributed by atoms with E-state index in [1.54, 1.807) is 6.07 Å². The van der Waals surface area contributed by atoms with Crippen LogP contribution in [0, 0.1) is 6.92 Å². The highest BCUT2D eigenvalue weighted by atomic mass is 16.7. The molecule has 2 aliphatic rings. The highest BCUT2D eigenvalue weighted by molar-refractivity contribution is 5.74. The van der Waals surface area contributed by atoms with Crippen LogP contribution in [-0.4, -0.2) is 36.2 Å². The third-order valence-corrected chi connectivity index (χ3v) is 4.00. The van der Waals surface area contributed by atoms with Gasteiger partial charge in [0.2, 0.25) is 0 Å². The summed E-state index contributed by atoms with van der Waals surface area (Å²) < 4.78 is 16.4. The van der Waals surface area contributed by atoms with E-state index >= 15 is 0 Å². The van der Waals surface area contributed by atoms with Crippen molar-refractivity contribution in [2.24, 2.45) is 0 Å². The summed E-state index contributed by atoms with van der Waals surface area (Å²) in [4.78, 5) is 11.9. The van der Waals surface area contributed by atoms with Gasteiger partial charge < -0.3 is 24.6 Å². The lowest BCUT2D eigenvalue weighted by Crippen LogP contribution is -2.47. The average molecular weight is 295 g/mol. The SMILES string of the molecule is Cc1cc(CNC(=O)NC2CCC3(CC2)OCCO3)on1. The van der Waals surface area contributed by atoms with Gasteiger partial charge in [-0.2, -0.15) is 0 Å². The third kappa shape index (κ3) is 3.54. The fourth-order valence-electron chi connectivity index (χ4n) is 2.89. The quantitative estimate of drug-likeness (QED) is 0.882. The standard InChI is InChI=1S/C14H21N3O4/c1-10-8-12(21-17-10)9-15-13(18)16-11-2-4-14(5-3-11)19-6-7-20-14/h8,11H,2-7,9H2,1H3,(H2,15,16,18). The summed E-state index contributed by atoms with van der Waals surface area (Å²) in [5, 5.41) is 9.53. The minimum absolute atomic E-state index is 0.167. The van der Waals surface area contributed by atoms with Crippen LogP contribution < -0.4 is 10.6 Å². The fourth-order valence-corrected chi connectivity index (χ4v) is 2.89. The molecule has 1 saturated carbocycles. The van der Waals surface area contributed by atoms with E-state index in [2.05, 4.69) is 15.8 Å². The van der Waals surface area contributed by atoms with Crippen molar-refractivity contribution in [2.45, 2.75) is 51.0 Å². The molecule has 1 saturated heterocycles. The van der Waals surface area contributed by atoms with E-state index in [1.807, 2.05) is 6.92 Å². The molecule has 0 radical (unpaired) electrons. The molecule has 0 aromatic carbocycles. The predicted molar refractivity (Wildman–Crippen MR) is 73.5 cm³/mol. The normalized spacial score (nSPS) is 21.6. The first kappa shape index (κ1) is 14.3. The second-order valence-corrected chi connectivity index (χ2v) is 5.64. The largest absolute Gasteiger partial charge is 0.359 e. The van der Waals surface area contributed by atoms with Gasteiger partial charge in [-0.1, -0.05) is 5.16 Å². The van der Waals surface area contributed by atoms with Crippen LogP contribution in [0.4, 0.5) is 4.79 Å². The monoisotopic (exact) mass is 295 g/mol. The van der Waals surface area contributed by atoms with E-state index in [9.17, 15) is 4.79 Å². The molecule has 116 valence electrons. The topological polar surface area (TPSA) is 85.6 Å². The van der Waals surface area contributed by atoms with Gasteiger partial charge >= 0.3 is 6.03 Å². The molecule has 2 fully saturated rings. The van der Waals surface area contributed by atoms with Gasteiger partial charge in [-0.05, 0) is 19.8 Å². The van der Waals surface area contributed by atoms with Gasteiger partial charge in [-0.15, -0.1) is 0 Å². The van der Waals surface area contributed by atoms with Crippen molar-refractivity contribution >= 4 is 6.03 Å². The molecule has 2 N–H and O–H groups in total. The molecule has 1 spiro atoms. The third-order valence-electron chi connectivity index (χ3n) is 4.00. The van der Waals surface area contributed by atoms with Crippen molar-refractivity contribution in [1.82, 2.24) is 15.8 Å². The minimum atomic E-state index is -0.383. The Bertz CT molecular complexity index is 486. The Balaban J connectivity index is 1.39. The molecule has 1 aliphatic heterocycles. The number of amides is 2. The first-order valence-electron chi connectivity index (χ1n) is 7.40. The Morgan fingerprint density at radius 2 is 2.10 bits per heavy atom. The van der Waals surface area contributed by atoms with Gasteiger partial charge in [0.15, 0.2) is 11.5 Å². The number of ether oxygens (including phenoxy) is 2. The summed E-state index contributed by atoms with van der Waals surface area (Å²) in [7, 11) is 0. The van der Waals surface area contributed by atoms with Crippen LogP contribution in [-0.2, 0) is 16.0 Å². The zero-order chi connectivity index (χ0) is 14.7. The van der Waals surface area contributed by atoms with Crippen molar-refractivity contribution in [2.75, 3.05) is 13.2 Å². The van der Waals surface area contributed by atoms with Crippen molar-refractivity contribution < 1.29 is 18.8 Å². The molecule has 7 heteroatoms. The van der Waals surface area contributed by atoms with Crippen molar-refractivity contribution in [3.8, 4) is 0 Å².